The minimum absolute atomic E-state index is 0.0881. The van der Waals surface area contributed by atoms with Crippen molar-refractivity contribution in [1.29, 1.82) is 0 Å². The van der Waals surface area contributed by atoms with E-state index in [4.69, 9.17) is 0 Å². The van der Waals surface area contributed by atoms with Crippen molar-refractivity contribution < 1.29 is 13.3 Å². The van der Waals surface area contributed by atoms with Crippen LogP contribution in [0.2, 0.25) is 0 Å². The van der Waals surface area contributed by atoms with E-state index in [0.717, 1.165) is 15.4 Å². The molecule has 9 heteroatoms. The van der Waals surface area contributed by atoms with Gasteiger partial charge in [0.1, 0.15) is 0 Å². The zero-order chi connectivity index (χ0) is 15.6. The number of halogens is 1. The normalized spacial score (nSPS) is 11.8. The number of nitro benzene ring substituents is 1. The van der Waals surface area contributed by atoms with Crippen molar-refractivity contribution in [2.75, 3.05) is 7.05 Å². The highest BCUT2D eigenvalue weighted by Gasteiger charge is 2.23. The Labute approximate surface area is 134 Å². The maximum atomic E-state index is 12.4. The molecule has 6 nitrogen and oxygen atoms in total. The fourth-order valence-corrected chi connectivity index (χ4v) is 4.45. The third-order valence-electron chi connectivity index (χ3n) is 2.74. The van der Waals surface area contributed by atoms with Crippen LogP contribution in [0.25, 0.3) is 0 Å². The fourth-order valence-electron chi connectivity index (χ4n) is 1.68. The summed E-state index contributed by atoms with van der Waals surface area (Å²) in [6.45, 7) is 0.210. The Morgan fingerprint density at radius 1 is 1.38 bits per heavy atom. The van der Waals surface area contributed by atoms with Gasteiger partial charge in [0.25, 0.3) is 5.69 Å². The molecule has 0 atom stereocenters. The van der Waals surface area contributed by atoms with Gasteiger partial charge in [-0.15, -0.1) is 11.3 Å². The largest absolute Gasteiger partial charge is 0.270 e. The van der Waals surface area contributed by atoms with E-state index in [1.807, 2.05) is 11.4 Å². The van der Waals surface area contributed by atoms with Gasteiger partial charge in [0.15, 0.2) is 0 Å². The number of nitrogens with zero attached hydrogens (tertiary/aromatic N) is 2. The van der Waals surface area contributed by atoms with Gasteiger partial charge in [-0.1, -0.05) is 6.07 Å². The topological polar surface area (TPSA) is 80.5 Å². The smallest absolute Gasteiger partial charge is 0.258 e. The highest BCUT2D eigenvalue weighted by molar-refractivity contribution is 9.10. The number of benzene rings is 1. The van der Waals surface area contributed by atoms with Gasteiger partial charge in [-0.25, -0.2) is 8.42 Å². The summed E-state index contributed by atoms with van der Waals surface area (Å²) in [6, 6.07) is 6.87. The van der Waals surface area contributed by atoms with Gasteiger partial charge in [0.2, 0.25) is 10.0 Å². The van der Waals surface area contributed by atoms with Crippen LogP contribution in [0.5, 0.6) is 0 Å². The van der Waals surface area contributed by atoms with Gasteiger partial charge in [0, 0.05) is 40.5 Å². The van der Waals surface area contributed by atoms with Crippen molar-refractivity contribution in [1.82, 2.24) is 4.31 Å². The van der Waals surface area contributed by atoms with Crippen LogP contribution >= 0.6 is 27.3 Å². The second-order valence-electron chi connectivity index (χ2n) is 4.25. The van der Waals surface area contributed by atoms with E-state index in [1.54, 1.807) is 0 Å². The van der Waals surface area contributed by atoms with Crippen LogP contribution in [-0.4, -0.2) is 24.7 Å². The summed E-state index contributed by atoms with van der Waals surface area (Å²) < 4.78 is 26.9. The summed E-state index contributed by atoms with van der Waals surface area (Å²) in [6.07, 6.45) is 0. The van der Waals surface area contributed by atoms with Crippen LogP contribution in [0, 0.1) is 10.1 Å². The van der Waals surface area contributed by atoms with Crippen LogP contribution in [0.4, 0.5) is 5.69 Å². The number of non-ortho nitro benzene ring substituents is 1. The van der Waals surface area contributed by atoms with E-state index in [0.29, 0.717) is 0 Å². The maximum absolute atomic E-state index is 12.4. The first-order chi connectivity index (χ1) is 9.80. The second kappa shape index (κ2) is 6.22. The lowest BCUT2D eigenvalue weighted by molar-refractivity contribution is -0.385. The summed E-state index contributed by atoms with van der Waals surface area (Å²) in [5.74, 6) is 0. The van der Waals surface area contributed by atoms with E-state index >= 15 is 0 Å². The van der Waals surface area contributed by atoms with E-state index in [-0.39, 0.29) is 17.1 Å². The Morgan fingerprint density at radius 2 is 2.10 bits per heavy atom. The van der Waals surface area contributed by atoms with E-state index in [1.165, 1.54) is 40.9 Å². The first-order valence-electron chi connectivity index (χ1n) is 5.74. The lowest BCUT2D eigenvalue weighted by atomic mass is 10.3. The monoisotopic (exact) mass is 390 g/mol. The first kappa shape index (κ1) is 16.1. The van der Waals surface area contributed by atoms with Gasteiger partial charge in [-0.05, 0) is 28.1 Å². The molecule has 1 heterocycles. The van der Waals surface area contributed by atoms with Crippen molar-refractivity contribution in [2.45, 2.75) is 11.4 Å². The van der Waals surface area contributed by atoms with E-state index in [2.05, 4.69) is 15.9 Å². The Balaban J connectivity index is 2.28. The number of hydrogen-bond donors (Lipinski definition) is 0. The number of hydrogen-bond acceptors (Lipinski definition) is 5. The number of rotatable bonds is 5. The molecule has 1 aromatic carbocycles. The first-order valence-corrected chi connectivity index (χ1v) is 8.85. The quantitative estimate of drug-likeness (QED) is 0.579. The van der Waals surface area contributed by atoms with Crippen LogP contribution in [-0.2, 0) is 16.6 Å². The van der Waals surface area contributed by atoms with Crippen LogP contribution in [0.1, 0.15) is 4.88 Å². The molecule has 2 aromatic rings. The van der Waals surface area contributed by atoms with Crippen LogP contribution in [0.15, 0.2) is 45.1 Å². The van der Waals surface area contributed by atoms with Gasteiger partial charge in [0.05, 0.1) is 9.82 Å². The second-order valence-corrected chi connectivity index (χ2v) is 8.20. The summed E-state index contributed by atoms with van der Waals surface area (Å²) >= 11 is 4.75. The molecule has 0 aliphatic rings. The highest BCUT2D eigenvalue weighted by Crippen LogP contribution is 2.25. The van der Waals surface area contributed by atoms with E-state index < -0.39 is 14.9 Å². The van der Waals surface area contributed by atoms with Crippen molar-refractivity contribution >= 4 is 43.0 Å². The van der Waals surface area contributed by atoms with Crippen LogP contribution < -0.4 is 0 Å². The van der Waals surface area contributed by atoms with Gasteiger partial charge < -0.3 is 0 Å². The molecule has 1 aromatic heterocycles. The molecule has 0 saturated carbocycles. The molecular formula is C12H11BrN2O4S2. The van der Waals surface area contributed by atoms with Crippen molar-refractivity contribution in [3.8, 4) is 0 Å². The summed E-state index contributed by atoms with van der Waals surface area (Å²) in [4.78, 5) is 10.9. The number of sulfonamides is 1. The molecule has 0 N–H and O–H groups in total. The standard InChI is InChI=1S/C12H11BrN2O4S2/c1-14(7-11-5-9(13)8-20-11)21(18,19)12-4-2-3-10(6-12)15(16)17/h2-6,8H,7H2,1H3. The van der Waals surface area contributed by atoms with Crippen molar-refractivity contribution in [3.05, 3.63) is 55.2 Å². The zero-order valence-electron chi connectivity index (χ0n) is 10.9. The summed E-state index contributed by atoms with van der Waals surface area (Å²) in [5, 5.41) is 12.6. The minimum atomic E-state index is -3.76. The third kappa shape index (κ3) is 3.67. The Bertz CT molecular complexity index is 773. The molecule has 2 rings (SSSR count). The molecule has 0 amide bonds. The molecule has 0 fully saturated rings. The third-order valence-corrected chi connectivity index (χ3v) is 6.22. The van der Waals surface area contributed by atoms with Crippen molar-refractivity contribution in [3.63, 3.8) is 0 Å². The predicted octanol–water partition coefficient (Wildman–Crippen LogP) is 3.24. The molecule has 0 aliphatic heterocycles. The number of nitro groups is 1. The maximum Gasteiger partial charge on any atom is 0.270 e. The van der Waals surface area contributed by atoms with Crippen LogP contribution in [0.3, 0.4) is 0 Å². The summed E-state index contributed by atoms with van der Waals surface area (Å²) in [7, 11) is -2.32. The molecule has 0 aliphatic carbocycles. The summed E-state index contributed by atoms with van der Waals surface area (Å²) in [5.41, 5.74) is -0.247. The molecular weight excluding hydrogens is 380 g/mol. The Kier molecular flexibility index (Phi) is 4.77. The van der Waals surface area contributed by atoms with Gasteiger partial charge in [-0.3, -0.25) is 10.1 Å². The molecule has 0 bridgehead atoms. The average Bonchev–Trinajstić information content (AvgIpc) is 2.84. The molecule has 112 valence electrons. The molecule has 21 heavy (non-hydrogen) atoms. The molecule has 0 spiro atoms. The fraction of sp³-hybridized carbons (Fsp3) is 0.167. The molecule has 0 unspecified atom stereocenters. The van der Waals surface area contributed by atoms with Crippen molar-refractivity contribution in [2.24, 2.45) is 0 Å². The highest BCUT2D eigenvalue weighted by atomic mass is 79.9. The lowest BCUT2D eigenvalue weighted by Crippen LogP contribution is -2.26. The number of thiophene rings is 1. The lowest BCUT2D eigenvalue weighted by Gasteiger charge is -2.16. The Morgan fingerprint density at radius 3 is 2.67 bits per heavy atom. The zero-order valence-corrected chi connectivity index (χ0v) is 14.1. The Hall–Kier alpha value is -1.29. The average molecular weight is 391 g/mol. The van der Waals surface area contributed by atoms with E-state index in [9.17, 15) is 18.5 Å². The SMILES string of the molecule is CN(Cc1cc(Br)cs1)S(=O)(=O)c1cccc([N+](=O)[O-])c1. The minimum Gasteiger partial charge on any atom is -0.258 e. The van der Waals surface area contributed by atoms with Gasteiger partial charge >= 0.3 is 0 Å². The molecule has 0 radical (unpaired) electrons. The molecule has 0 saturated heterocycles. The van der Waals surface area contributed by atoms with Gasteiger partial charge in [-0.2, -0.15) is 4.31 Å². The predicted molar refractivity (Wildman–Crippen MR) is 83.8 cm³/mol.